The van der Waals surface area contributed by atoms with Gasteiger partial charge in [-0.1, -0.05) is 0 Å². The van der Waals surface area contributed by atoms with Gasteiger partial charge in [0.25, 0.3) is 0 Å². The Morgan fingerprint density at radius 3 is 2.70 bits per heavy atom. The number of anilines is 2. The molecule has 1 N–H and O–H groups in total. The van der Waals surface area contributed by atoms with Crippen LogP contribution in [0.5, 0.6) is 0 Å². The number of hydrogen-bond donors (Lipinski definition) is 1. The molecule has 1 aromatic rings. The van der Waals surface area contributed by atoms with E-state index in [1.54, 1.807) is 6.20 Å². The minimum atomic E-state index is -0.147. The first-order valence-electron chi connectivity index (χ1n) is 7.27. The molecular weight excluding hydrogens is 254 g/mol. The van der Waals surface area contributed by atoms with Crippen molar-refractivity contribution in [1.82, 2.24) is 4.98 Å². The molecule has 1 aliphatic heterocycles. The van der Waals surface area contributed by atoms with Crippen molar-refractivity contribution in [2.45, 2.75) is 39.2 Å². The number of carbonyl (C=O) groups is 1. The molecule has 0 bridgehead atoms. The van der Waals surface area contributed by atoms with Crippen LogP contribution in [0.3, 0.4) is 0 Å². The molecule has 0 spiro atoms. The van der Waals surface area contributed by atoms with E-state index in [2.05, 4.69) is 15.2 Å². The van der Waals surface area contributed by atoms with Gasteiger partial charge in [0.2, 0.25) is 5.91 Å². The third kappa shape index (κ3) is 4.49. The number of hydrogen-bond acceptors (Lipinski definition) is 4. The fourth-order valence-corrected chi connectivity index (χ4v) is 2.21. The van der Waals surface area contributed by atoms with Gasteiger partial charge in [0.05, 0.1) is 18.0 Å². The third-order valence-corrected chi connectivity index (χ3v) is 3.26. The summed E-state index contributed by atoms with van der Waals surface area (Å²) in [6, 6.07) is 3.86. The summed E-state index contributed by atoms with van der Waals surface area (Å²) in [7, 11) is 0. The Morgan fingerprint density at radius 2 is 2.10 bits per heavy atom. The molecule has 0 aromatic carbocycles. The average molecular weight is 277 g/mol. The minimum absolute atomic E-state index is 0.0559. The Hall–Kier alpha value is -1.62. The minimum Gasteiger partial charge on any atom is -0.369 e. The monoisotopic (exact) mass is 277 g/mol. The number of pyridine rings is 1. The van der Waals surface area contributed by atoms with Crippen molar-refractivity contribution in [3.8, 4) is 0 Å². The second kappa shape index (κ2) is 7.24. The molecule has 0 unspecified atom stereocenters. The van der Waals surface area contributed by atoms with Crippen LogP contribution in [0.15, 0.2) is 18.3 Å². The summed E-state index contributed by atoms with van der Waals surface area (Å²) in [4.78, 5) is 18.3. The molecule has 1 fully saturated rings. The second-order valence-electron chi connectivity index (χ2n) is 5.36. The molecule has 2 rings (SSSR count). The Labute approximate surface area is 120 Å². The highest BCUT2D eigenvalue weighted by Crippen LogP contribution is 2.18. The summed E-state index contributed by atoms with van der Waals surface area (Å²) in [6.45, 7) is 6.03. The van der Waals surface area contributed by atoms with Crippen molar-refractivity contribution >= 4 is 17.4 Å². The highest BCUT2D eigenvalue weighted by atomic mass is 16.5. The number of amides is 1. The molecule has 20 heavy (non-hydrogen) atoms. The molecule has 0 radical (unpaired) electrons. The van der Waals surface area contributed by atoms with Crippen LogP contribution in [0, 0.1) is 0 Å². The third-order valence-electron chi connectivity index (χ3n) is 3.26. The zero-order valence-corrected chi connectivity index (χ0v) is 12.3. The first-order valence-corrected chi connectivity index (χ1v) is 7.27. The molecule has 110 valence electrons. The summed E-state index contributed by atoms with van der Waals surface area (Å²) in [6.07, 6.45) is 5.53. The Kier molecular flexibility index (Phi) is 5.35. The first kappa shape index (κ1) is 14.8. The first-order chi connectivity index (χ1) is 9.65. The molecule has 0 saturated carbocycles. The summed E-state index contributed by atoms with van der Waals surface area (Å²) >= 11 is 0. The van der Waals surface area contributed by atoms with Crippen LogP contribution in [0.2, 0.25) is 0 Å². The number of aromatic nitrogens is 1. The molecule has 0 aliphatic carbocycles. The Balaban J connectivity index is 1.86. The van der Waals surface area contributed by atoms with Gasteiger partial charge in [0, 0.05) is 13.1 Å². The van der Waals surface area contributed by atoms with E-state index in [4.69, 9.17) is 4.74 Å². The predicted molar refractivity (Wildman–Crippen MR) is 80.0 cm³/mol. The number of piperidine rings is 1. The number of ether oxygens (including phenoxy) is 1. The number of rotatable bonds is 5. The maximum atomic E-state index is 11.6. The lowest BCUT2D eigenvalue weighted by molar-refractivity contribution is -0.121. The summed E-state index contributed by atoms with van der Waals surface area (Å²) in [5.41, 5.74) is 0.711. The van der Waals surface area contributed by atoms with E-state index >= 15 is 0 Å². The SMILES string of the molecule is CC(C)OCC(=O)Nc1ccc(N2CCCCC2)nc1. The van der Waals surface area contributed by atoms with E-state index in [1.165, 1.54) is 19.3 Å². The molecule has 1 saturated heterocycles. The number of nitrogens with one attached hydrogen (secondary N) is 1. The molecular formula is C15H23N3O2. The summed E-state index contributed by atoms with van der Waals surface area (Å²) < 4.78 is 5.25. The van der Waals surface area contributed by atoms with Crippen molar-refractivity contribution in [1.29, 1.82) is 0 Å². The molecule has 5 heteroatoms. The van der Waals surface area contributed by atoms with Gasteiger partial charge in [-0.2, -0.15) is 0 Å². The fraction of sp³-hybridized carbons (Fsp3) is 0.600. The van der Waals surface area contributed by atoms with E-state index in [9.17, 15) is 4.79 Å². The van der Waals surface area contributed by atoms with Crippen LogP contribution in [-0.2, 0) is 9.53 Å². The van der Waals surface area contributed by atoms with Crippen molar-refractivity contribution in [3.05, 3.63) is 18.3 Å². The maximum absolute atomic E-state index is 11.6. The van der Waals surface area contributed by atoms with Crippen LogP contribution in [0.25, 0.3) is 0 Å². The molecule has 1 aliphatic rings. The van der Waals surface area contributed by atoms with Gasteiger partial charge in [0.15, 0.2) is 0 Å². The van der Waals surface area contributed by atoms with Gasteiger partial charge in [-0.3, -0.25) is 4.79 Å². The molecule has 2 heterocycles. The van der Waals surface area contributed by atoms with Crippen molar-refractivity contribution in [2.75, 3.05) is 29.9 Å². The Morgan fingerprint density at radius 1 is 1.35 bits per heavy atom. The summed E-state index contributed by atoms with van der Waals surface area (Å²) in [5, 5.41) is 2.78. The van der Waals surface area contributed by atoms with Crippen molar-refractivity contribution in [3.63, 3.8) is 0 Å². The van der Waals surface area contributed by atoms with E-state index in [1.807, 2.05) is 26.0 Å². The lowest BCUT2D eigenvalue weighted by atomic mass is 10.1. The smallest absolute Gasteiger partial charge is 0.250 e. The number of nitrogens with zero attached hydrogens (tertiary/aromatic N) is 2. The van der Waals surface area contributed by atoms with E-state index in [0.717, 1.165) is 18.9 Å². The van der Waals surface area contributed by atoms with Gasteiger partial charge in [-0.05, 0) is 45.2 Å². The number of carbonyl (C=O) groups excluding carboxylic acids is 1. The van der Waals surface area contributed by atoms with Crippen molar-refractivity contribution in [2.24, 2.45) is 0 Å². The highest BCUT2D eigenvalue weighted by molar-refractivity contribution is 5.91. The van der Waals surface area contributed by atoms with Crippen LogP contribution >= 0.6 is 0 Å². The normalized spacial score (nSPS) is 15.4. The van der Waals surface area contributed by atoms with E-state index in [-0.39, 0.29) is 18.6 Å². The quantitative estimate of drug-likeness (QED) is 0.898. The molecule has 5 nitrogen and oxygen atoms in total. The van der Waals surface area contributed by atoms with Gasteiger partial charge < -0.3 is 15.0 Å². The van der Waals surface area contributed by atoms with Crippen LogP contribution in [0.1, 0.15) is 33.1 Å². The second-order valence-corrected chi connectivity index (χ2v) is 5.36. The van der Waals surface area contributed by atoms with Crippen LogP contribution in [0.4, 0.5) is 11.5 Å². The zero-order chi connectivity index (χ0) is 14.4. The van der Waals surface area contributed by atoms with Gasteiger partial charge >= 0.3 is 0 Å². The molecule has 1 aromatic heterocycles. The highest BCUT2D eigenvalue weighted by Gasteiger charge is 2.12. The lowest BCUT2D eigenvalue weighted by Crippen LogP contribution is -2.30. The van der Waals surface area contributed by atoms with Crippen molar-refractivity contribution < 1.29 is 9.53 Å². The largest absolute Gasteiger partial charge is 0.369 e. The van der Waals surface area contributed by atoms with Gasteiger partial charge in [-0.25, -0.2) is 4.98 Å². The van der Waals surface area contributed by atoms with E-state index < -0.39 is 0 Å². The van der Waals surface area contributed by atoms with E-state index in [0.29, 0.717) is 5.69 Å². The molecule has 0 atom stereocenters. The maximum Gasteiger partial charge on any atom is 0.250 e. The zero-order valence-electron chi connectivity index (χ0n) is 12.3. The van der Waals surface area contributed by atoms with Gasteiger partial charge in [0.1, 0.15) is 12.4 Å². The Bertz CT molecular complexity index is 425. The molecule has 1 amide bonds. The predicted octanol–water partition coefficient (Wildman–Crippen LogP) is 2.44. The lowest BCUT2D eigenvalue weighted by Gasteiger charge is -2.27. The van der Waals surface area contributed by atoms with Crippen LogP contribution < -0.4 is 10.2 Å². The fourth-order valence-electron chi connectivity index (χ4n) is 2.21. The standard InChI is InChI=1S/C15H23N3O2/c1-12(2)20-11-15(19)17-13-6-7-14(16-10-13)18-8-4-3-5-9-18/h6-7,10,12H,3-5,8-9,11H2,1-2H3,(H,17,19). The topological polar surface area (TPSA) is 54.5 Å². The van der Waals surface area contributed by atoms with Gasteiger partial charge in [-0.15, -0.1) is 0 Å². The average Bonchev–Trinajstić information content (AvgIpc) is 2.47. The van der Waals surface area contributed by atoms with Crippen LogP contribution in [-0.4, -0.2) is 36.7 Å². The summed E-state index contributed by atoms with van der Waals surface area (Å²) in [5.74, 6) is 0.840.